The molecule has 0 bridgehead atoms. The number of nitro groups is 1. The Labute approximate surface area is 111 Å². The van der Waals surface area contributed by atoms with Gasteiger partial charge >= 0.3 is 11.7 Å². The van der Waals surface area contributed by atoms with Crippen molar-refractivity contribution < 1.29 is 14.5 Å². The molecule has 1 N–H and O–H groups in total. The Bertz CT molecular complexity index is 437. The molecule has 0 saturated heterocycles. The van der Waals surface area contributed by atoms with E-state index in [1.165, 1.54) is 19.5 Å². The van der Waals surface area contributed by atoms with Crippen molar-refractivity contribution in [1.82, 2.24) is 4.98 Å². The third kappa shape index (κ3) is 5.33. The Kier molecular flexibility index (Phi) is 6.28. The van der Waals surface area contributed by atoms with Crippen molar-refractivity contribution in [3.8, 4) is 0 Å². The lowest BCUT2D eigenvalue weighted by Gasteiger charge is -2.06. The number of nitrogens with zero attached hydrogens (tertiary/aromatic N) is 2. The number of rotatable bonds is 8. The highest BCUT2D eigenvalue weighted by Gasteiger charge is 2.12. The van der Waals surface area contributed by atoms with Crippen molar-refractivity contribution in [2.45, 2.75) is 25.7 Å². The largest absolute Gasteiger partial charge is 0.469 e. The summed E-state index contributed by atoms with van der Waals surface area (Å²) >= 11 is 0. The molecular formula is C12H17N3O4. The van der Waals surface area contributed by atoms with E-state index in [1.54, 1.807) is 6.07 Å². The Hall–Kier alpha value is -2.18. The maximum Gasteiger partial charge on any atom is 0.310 e. The summed E-state index contributed by atoms with van der Waals surface area (Å²) in [5.41, 5.74) is 0.435. The number of carbonyl (C=O) groups is 1. The molecule has 7 nitrogen and oxygen atoms in total. The minimum Gasteiger partial charge on any atom is -0.469 e. The topological polar surface area (TPSA) is 94.4 Å². The van der Waals surface area contributed by atoms with Crippen LogP contribution in [0.3, 0.4) is 0 Å². The van der Waals surface area contributed by atoms with Crippen LogP contribution in [0.1, 0.15) is 25.7 Å². The van der Waals surface area contributed by atoms with Crippen LogP contribution in [-0.2, 0) is 9.53 Å². The number of carbonyl (C=O) groups excluding carboxylic acids is 1. The van der Waals surface area contributed by atoms with Crippen LogP contribution in [-0.4, -0.2) is 29.5 Å². The maximum absolute atomic E-state index is 10.9. The van der Waals surface area contributed by atoms with E-state index in [2.05, 4.69) is 15.0 Å². The highest BCUT2D eigenvalue weighted by Crippen LogP contribution is 2.21. The average molecular weight is 267 g/mol. The number of unbranched alkanes of at least 4 members (excludes halogenated alkanes) is 2. The molecule has 0 aromatic carbocycles. The molecule has 0 saturated carbocycles. The van der Waals surface area contributed by atoms with Crippen molar-refractivity contribution in [2.75, 3.05) is 19.0 Å². The highest BCUT2D eigenvalue weighted by atomic mass is 16.6. The lowest BCUT2D eigenvalue weighted by atomic mass is 10.2. The molecule has 0 radical (unpaired) electrons. The number of aromatic nitrogens is 1. The van der Waals surface area contributed by atoms with E-state index < -0.39 is 4.92 Å². The third-order valence-corrected chi connectivity index (χ3v) is 2.60. The fourth-order valence-electron chi connectivity index (χ4n) is 1.58. The third-order valence-electron chi connectivity index (χ3n) is 2.60. The van der Waals surface area contributed by atoms with Crippen molar-refractivity contribution in [3.63, 3.8) is 0 Å². The molecule has 0 aliphatic carbocycles. The standard InChI is InChI=1S/C12H17N3O4/c1-19-12(16)5-3-2-4-7-14-10-6-8-13-9-11(10)15(17)18/h6,8-9H,2-5,7H2,1H3,(H,13,14). The summed E-state index contributed by atoms with van der Waals surface area (Å²) in [5, 5.41) is 13.7. The van der Waals surface area contributed by atoms with E-state index in [0.29, 0.717) is 18.7 Å². The molecule has 0 amide bonds. The van der Waals surface area contributed by atoms with Gasteiger partial charge in [-0.05, 0) is 18.9 Å². The van der Waals surface area contributed by atoms with Crippen LogP contribution >= 0.6 is 0 Å². The first-order chi connectivity index (χ1) is 9.15. The number of hydrogen-bond donors (Lipinski definition) is 1. The number of methoxy groups -OCH3 is 1. The van der Waals surface area contributed by atoms with E-state index in [4.69, 9.17) is 0 Å². The van der Waals surface area contributed by atoms with Crippen molar-refractivity contribution in [1.29, 1.82) is 0 Å². The number of esters is 1. The minimum atomic E-state index is -0.466. The number of ether oxygens (including phenoxy) is 1. The van der Waals surface area contributed by atoms with Crippen LogP contribution in [0, 0.1) is 10.1 Å². The van der Waals surface area contributed by atoms with Crippen LogP contribution in [0.2, 0.25) is 0 Å². The monoisotopic (exact) mass is 267 g/mol. The molecule has 19 heavy (non-hydrogen) atoms. The summed E-state index contributed by atoms with van der Waals surface area (Å²) in [4.78, 5) is 24.9. The average Bonchev–Trinajstić information content (AvgIpc) is 2.42. The molecule has 1 rings (SSSR count). The Morgan fingerprint density at radius 2 is 2.26 bits per heavy atom. The van der Waals surface area contributed by atoms with Gasteiger partial charge < -0.3 is 10.1 Å². The molecule has 7 heteroatoms. The highest BCUT2D eigenvalue weighted by molar-refractivity contribution is 5.68. The number of pyridine rings is 1. The molecule has 104 valence electrons. The SMILES string of the molecule is COC(=O)CCCCCNc1ccncc1[N+](=O)[O-]. The van der Waals surface area contributed by atoms with Crippen LogP contribution in [0.15, 0.2) is 18.5 Å². The maximum atomic E-state index is 10.9. The van der Waals surface area contributed by atoms with Crippen LogP contribution in [0.4, 0.5) is 11.4 Å². The van der Waals surface area contributed by atoms with Gasteiger partial charge in [0, 0.05) is 19.2 Å². The Morgan fingerprint density at radius 3 is 2.95 bits per heavy atom. The van der Waals surface area contributed by atoms with Gasteiger partial charge in [0.05, 0.1) is 12.0 Å². The first-order valence-corrected chi connectivity index (χ1v) is 6.04. The normalized spacial score (nSPS) is 9.95. The lowest BCUT2D eigenvalue weighted by molar-refractivity contribution is -0.384. The predicted octanol–water partition coefficient (Wildman–Crippen LogP) is 2.14. The summed E-state index contributed by atoms with van der Waals surface area (Å²) in [6.07, 6.45) is 5.59. The van der Waals surface area contributed by atoms with Gasteiger partial charge in [0.2, 0.25) is 0 Å². The fourth-order valence-corrected chi connectivity index (χ4v) is 1.58. The minimum absolute atomic E-state index is 0.0305. The van der Waals surface area contributed by atoms with E-state index in [1.807, 2.05) is 0 Å². The molecule has 0 atom stereocenters. The quantitative estimate of drug-likeness (QED) is 0.335. The second-order valence-corrected chi connectivity index (χ2v) is 3.96. The molecular weight excluding hydrogens is 250 g/mol. The van der Waals surface area contributed by atoms with E-state index in [0.717, 1.165) is 19.3 Å². The molecule has 1 aromatic heterocycles. The smallest absolute Gasteiger partial charge is 0.310 e. The zero-order valence-corrected chi connectivity index (χ0v) is 10.8. The van der Waals surface area contributed by atoms with E-state index in [-0.39, 0.29) is 11.7 Å². The molecule has 0 aliphatic heterocycles. The van der Waals surface area contributed by atoms with Crippen LogP contribution < -0.4 is 5.32 Å². The van der Waals surface area contributed by atoms with E-state index in [9.17, 15) is 14.9 Å². The number of nitrogens with one attached hydrogen (secondary N) is 1. The van der Waals surface area contributed by atoms with Crippen LogP contribution in [0.25, 0.3) is 0 Å². The summed E-state index contributed by atoms with van der Waals surface area (Å²) in [6.45, 7) is 0.617. The number of anilines is 1. The Balaban J connectivity index is 2.26. The molecule has 0 aliphatic rings. The van der Waals surface area contributed by atoms with Gasteiger partial charge in [0.25, 0.3) is 0 Å². The zero-order valence-electron chi connectivity index (χ0n) is 10.8. The van der Waals surface area contributed by atoms with Gasteiger partial charge in [0.15, 0.2) is 0 Å². The van der Waals surface area contributed by atoms with Crippen molar-refractivity contribution >= 4 is 17.3 Å². The van der Waals surface area contributed by atoms with Gasteiger partial charge in [-0.15, -0.1) is 0 Å². The van der Waals surface area contributed by atoms with Crippen LogP contribution in [0.5, 0.6) is 0 Å². The molecule has 0 spiro atoms. The predicted molar refractivity (Wildman–Crippen MR) is 69.9 cm³/mol. The second kappa shape index (κ2) is 8.02. The van der Waals surface area contributed by atoms with Gasteiger partial charge in [-0.3, -0.25) is 19.9 Å². The molecule has 0 unspecified atom stereocenters. The van der Waals surface area contributed by atoms with Gasteiger partial charge in [-0.2, -0.15) is 0 Å². The molecule has 1 heterocycles. The van der Waals surface area contributed by atoms with Gasteiger partial charge in [-0.25, -0.2) is 0 Å². The summed E-state index contributed by atoms with van der Waals surface area (Å²) in [7, 11) is 1.37. The summed E-state index contributed by atoms with van der Waals surface area (Å²) < 4.78 is 4.53. The summed E-state index contributed by atoms with van der Waals surface area (Å²) in [5.74, 6) is -0.210. The van der Waals surface area contributed by atoms with E-state index >= 15 is 0 Å². The fraction of sp³-hybridized carbons (Fsp3) is 0.500. The Morgan fingerprint density at radius 1 is 1.47 bits per heavy atom. The first-order valence-electron chi connectivity index (χ1n) is 6.04. The van der Waals surface area contributed by atoms with Gasteiger partial charge in [-0.1, -0.05) is 6.42 Å². The summed E-state index contributed by atoms with van der Waals surface area (Å²) in [6, 6.07) is 1.58. The molecule has 0 fully saturated rings. The van der Waals surface area contributed by atoms with Crippen molar-refractivity contribution in [3.05, 3.63) is 28.6 Å². The number of hydrogen-bond acceptors (Lipinski definition) is 6. The zero-order chi connectivity index (χ0) is 14.1. The van der Waals surface area contributed by atoms with Gasteiger partial charge in [0.1, 0.15) is 11.9 Å². The lowest BCUT2D eigenvalue weighted by Crippen LogP contribution is -2.05. The second-order valence-electron chi connectivity index (χ2n) is 3.96. The van der Waals surface area contributed by atoms with Crippen molar-refractivity contribution in [2.24, 2.45) is 0 Å². The molecule has 1 aromatic rings. The first kappa shape index (κ1) is 14.9.